The first-order chi connectivity index (χ1) is 10.2. The van der Waals surface area contributed by atoms with E-state index < -0.39 is 0 Å². The van der Waals surface area contributed by atoms with Gasteiger partial charge < -0.3 is 0 Å². The molecule has 0 aromatic carbocycles. The van der Waals surface area contributed by atoms with Crippen molar-refractivity contribution in [3.8, 4) is 0 Å². The molecular formula is C13H9N5OS2. The van der Waals surface area contributed by atoms with E-state index in [-0.39, 0.29) is 5.56 Å². The van der Waals surface area contributed by atoms with Crippen molar-refractivity contribution in [2.24, 2.45) is 0 Å². The number of aryl methyl sites for hydroxylation is 1. The molecule has 0 spiro atoms. The number of pyridine rings is 1. The van der Waals surface area contributed by atoms with Crippen LogP contribution in [0.3, 0.4) is 0 Å². The van der Waals surface area contributed by atoms with Gasteiger partial charge >= 0.3 is 0 Å². The molecule has 0 unspecified atom stereocenters. The lowest BCUT2D eigenvalue weighted by atomic mass is 10.4. The van der Waals surface area contributed by atoms with Crippen LogP contribution in [0.5, 0.6) is 0 Å². The summed E-state index contributed by atoms with van der Waals surface area (Å²) < 4.78 is 4.05. The molecule has 104 valence electrons. The van der Waals surface area contributed by atoms with E-state index >= 15 is 0 Å². The maximum absolute atomic E-state index is 11.9. The molecule has 0 amide bonds. The second-order valence-electron chi connectivity index (χ2n) is 4.44. The number of imidazole rings is 1. The largest absolute Gasteiger partial charge is 0.294 e. The first-order valence-corrected chi connectivity index (χ1v) is 7.81. The van der Waals surface area contributed by atoms with Crippen LogP contribution in [-0.4, -0.2) is 24.0 Å². The van der Waals surface area contributed by atoms with Crippen LogP contribution in [-0.2, 0) is 0 Å². The predicted molar refractivity (Wildman–Crippen MR) is 81.2 cm³/mol. The molecule has 0 atom stereocenters. The van der Waals surface area contributed by atoms with Crippen LogP contribution in [0.1, 0.15) is 5.69 Å². The van der Waals surface area contributed by atoms with Crippen LogP contribution >= 0.6 is 23.1 Å². The summed E-state index contributed by atoms with van der Waals surface area (Å²) in [6, 6.07) is 7.39. The number of hydrogen-bond acceptors (Lipinski definition) is 6. The van der Waals surface area contributed by atoms with E-state index in [1.165, 1.54) is 33.7 Å². The van der Waals surface area contributed by atoms with Crippen molar-refractivity contribution in [1.82, 2.24) is 24.0 Å². The Kier molecular flexibility index (Phi) is 2.79. The number of nitrogens with zero attached hydrogens (tertiary/aromatic N) is 5. The molecule has 0 saturated heterocycles. The Bertz CT molecular complexity index is 1020. The molecule has 0 fully saturated rings. The van der Waals surface area contributed by atoms with E-state index in [2.05, 4.69) is 15.1 Å². The summed E-state index contributed by atoms with van der Waals surface area (Å²) in [4.78, 5) is 21.2. The Morgan fingerprint density at radius 1 is 1.33 bits per heavy atom. The maximum atomic E-state index is 11.9. The van der Waals surface area contributed by atoms with Gasteiger partial charge in [0.25, 0.3) is 5.56 Å². The minimum absolute atomic E-state index is 0.159. The zero-order valence-electron chi connectivity index (χ0n) is 10.9. The van der Waals surface area contributed by atoms with Crippen LogP contribution in [0.25, 0.3) is 10.5 Å². The van der Waals surface area contributed by atoms with Gasteiger partial charge in [0, 0.05) is 18.0 Å². The number of rotatable bonds is 2. The third-order valence-corrected chi connectivity index (χ3v) is 4.88. The fourth-order valence-electron chi connectivity index (χ4n) is 2.02. The zero-order valence-corrected chi connectivity index (χ0v) is 12.6. The molecule has 4 heterocycles. The average molecular weight is 315 g/mol. The van der Waals surface area contributed by atoms with Crippen molar-refractivity contribution < 1.29 is 0 Å². The van der Waals surface area contributed by atoms with Gasteiger partial charge in [-0.3, -0.25) is 9.20 Å². The molecule has 4 rings (SSSR count). The standard InChI is InChI=1S/C13H9N5OS2/c1-8-6-10(19)18-12(15-8)21-13(16-18)20-11-14-7-9-4-2-3-5-17(9)11/h2-7H,1H3. The topological polar surface area (TPSA) is 64.6 Å². The van der Waals surface area contributed by atoms with Gasteiger partial charge in [-0.1, -0.05) is 17.4 Å². The van der Waals surface area contributed by atoms with Crippen molar-refractivity contribution in [3.63, 3.8) is 0 Å². The van der Waals surface area contributed by atoms with E-state index in [0.717, 1.165) is 15.0 Å². The van der Waals surface area contributed by atoms with Gasteiger partial charge in [-0.05, 0) is 30.8 Å². The van der Waals surface area contributed by atoms with E-state index in [1.54, 1.807) is 6.92 Å². The second-order valence-corrected chi connectivity index (χ2v) is 6.61. The summed E-state index contributed by atoms with van der Waals surface area (Å²) in [7, 11) is 0. The lowest BCUT2D eigenvalue weighted by Crippen LogP contribution is -2.14. The SMILES string of the molecule is Cc1cc(=O)n2nc(Sc3ncc4ccccn34)sc2n1. The normalized spacial score (nSPS) is 11.5. The Morgan fingerprint density at radius 2 is 2.24 bits per heavy atom. The highest BCUT2D eigenvalue weighted by Gasteiger charge is 2.12. The first-order valence-electron chi connectivity index (χ1n) is 6.18. The molecule has 21 heavy (non-hydrogen) atoms. The third-order valence-electron chi connectivity index (χ3n) is 2.94. The molecule has 4 aromatic rings. The molecule has 6 nitrogen and oxygen atoms in total. The van der Waals surface area contributed by atoms with Crippen LogP contribution in [0, 0.1) is 6.92 Å². The first kappa shape index (κ1) is 12.5. The van der Waals surface area contributed by atoms with Gasteiger partial charge in [0.1, 0.15) is 0 Å². The van der Waals surface area contributed by atoms with Crippen molar-refractivity contribution in [2.45, 2.75) is 16.4 Å². The van der Waals surface area contributed by atoms with Gasteiger partial charge in [0.2, 0.25) is 4.96 Å². The molecular weight excluding hydrogens is 306 g/mol. The minimum atomic E-state index is -0.159. The molecule has 0 N–H and O–H groups in total. The van der Waals surface area contributed by atoms with Crippen molar-refractivity contribution in [2.75, 3.05) is 0 Å². The quantitative estimate of drug-likeness (QED) is 0.568. The van der Waals surface area contributed by atoms with Gasteiger partial charge in [-0.25, -0.2) is 9.97 Å². The summed E-state index contributed by atoms with van der Waals surface area (Å²) in [5.74, 6) is 0. The fraction of sp³-hybridized carbons (Fsp3) is 0.0769. The van der Waals surface area contributed by atoms with Crippen molar-refractivity contribution >= 4 is 33.6 Å². The van der Waals surface area contributed by atoms with Gasteiger partial charge in [0.15, 0.2) is 9.50 Å². The van der Waals surface area contributed by atoms with Gasteiger partial charge in [-0.2, -0.15) is 4.52 Å². The van der Waals surface area contributed by atoms with E-state index in [0.29, 0.717) is 10.7 Å². The van der Waals surface area contributed by atoms with Crippen LogP contribution in [0.15, 0.2) is 50.9 Å². The number of hydrogen-bond donors (Lipinski definition) is 0. The Morgan fingerprint density at radius 3 is 3.14 bits per heavy atom. The van der Waals surface area contributed by atoms with Gasteiger partial charge in [-0.15, -0.1) is 5.10 Å². The Labute approximate surface area is 127 Å². The van der Waals surface area contributed by atoms with Crippen molar-refractivity contribution in [1.29, 1.82) is 0 Å². The Balaban J connectivity index is 1.81. The smallest absolute Gasteiger partial charge is 0.275 e. The summed E-state index contributed by atoms with van der Waals surface area (Å²) in [5, 5.41) is 5.12. The van der Waals surface area contributed by atoms with Crippen LogP contribution in [0.4, 0.5) is 0 Å². The van der Waals surface area contributed by atoms with Gasteiger partial charge in [0.05, 0.1) is 11.7 Å². The lowest BCUT2D eigenvalue weighted by Gasteiger charge is -1.96. The zero-order chi connectivity index (χ0) is 14.4. The van der Waals surface area contributed by atoms with E-state index in [1.807, 2.05) is 35.0 Å². The fourth-order valence-corrected chi connectivity index (χ4v) is 3.97. The summed E-state index contributed by atoms with van der Waals surface area (Å²) in [6.45, 7) is 1.80. The lowest BCUT2D eigenvalue weighted by molar-refractivity contribution is 0.847. The second kappa shape index (κ2) is 4.68. The molecule has 0 aliphatic carbocycles. The highest BCUT2D eigenvalue weighted by Crippen LogP contribution is 2.30. The van der Waals surface area contributed by atoms with Crippen LogP contribution in [0.2, 0.25) is 0 Å². The number of fused-ring (bicyclic) bond motifs is 2. The Hall–Kier alpha value is -2.19. The highest BCUT2D eigenvalue weighted by atomic mass is 32.2. The summed E-state index contributed by atoms with van der Waals surface area (Å²) >= 11 is 2.81. The third kappa shape index (κ3) is 2.12. The molecule has 0 radical (unpaired) electrons. The summed E-state index contributed by atoms with van der Waals surface area (Å²) in [5.41, 5.74) is 1.56. The molecule has 8 heteroatoms. The van der Waals surface area contributed by atoms with E-state index in [4.69, 9.17) is 0 Å². The maximum Gasteiger partial charge on any atom is 0.275 e. The minimum Gasteiger partial charge on any atom is -0.294 e. The highest BCUT2D eigenvalue weighted by molar-refractivity contribution is 8.01. The molecule has 0 bridgehead atoms. The van der Waals surface area contributed by atoms with Crippen molar-refractivity contribution in [3.05, 3.63) is 52.7 Å². The summed E-state index contributed by atoms with van der Waals surface area (Å²) in [6.07, 6.45) is 3.76. The average Bonchev–Trinajstić information content (AvgIpc) is 3.04. The monoisotopic (exact) mass is 315 g/mol. The van der Waals surface area contributed by atoms with Crippen LogP contribution < -0.4 is 5.56 Å². The van der Waals surface area contributed by atoms with E-state index in [9.17, 15) is 4.79 Å². The molecule has 0 aliphatic heterocycles. The number of aromatic nitrogens is 5. The molecule has 0 aliphatic rings. The molecule has 0 saturated carbocycles. The molecule has 4 aromatic heterocycles. The predicted octanol–water partition coefficient (Wildman–Crippen LogP) is 2.26.